The Labute approximate surface area is 92.0 Å². The van der Waals surface area contributed by atoms with E-state index >= 15 is 0 Å². The van der Waals surface area contributed by atoms with Crippen LogP contribution in [0.5, 0.6) is 5.75 Å². The van der Waals surface area contributed by atoms with Gasteiger partial charge in [-0.25, -0.2) is 0 Å². The maximum absolute atomic E-state index is 12.0. The van der Waals surface area contributed by atoms with Crippen LogP contribution in [0.25, 0.3) is 0 Å². The number of nitrogens with one attached hydrogen (secondary N) is 1. The van der Waals surface area contributed by atoms with E-state index in [1.165, 1.54) is 6.92 Å². The van der Waals surface area contributed by atoms with Gasteiger partial charge in [0, 0.05) is 11.8 Å². The van der Waals surface area contributed by atoms with E-state index in [4.69, 9.17) is 11.6 Å². The summed E-state index contributed by atoms with van der Waals surface area (Å²) in [7, 11) is 0. The molecule has 0 saturated heterocycles. The Balaban J connectivity index is 3.38. The number of alkyl halides is 3. The van der Waals surface area contributed by atoms with Crippen LogP contribution in [0.2, 0.25) is 0 Å². The molecule has 0 atom stereocenters. The zero-order valence-corrected chi connectivity index (χ0v) is 8.57. The highest BCUT2D eigenvalue weighted by molar-refractivity contribution is 6.67. The minimum Gasteiger partial charge on any atom is -0.399 e. The molecule has 0 aliphatic carbocycles. The molecule has 1 N–H and O–H groups in total. The van der Waals surface area contributed by atoms with Crippen molar-refractivity contribution in [2.45, 2.75) is 13.3 Å². The SMILES string of the molecule is Cc1c[nH]c(C(=O)Cl)c(OC(F)(F)F)c1=O. The lowest BCUT2D eigenvalue weighted by Gasteiger charge is -2.10. The van der Waals surface area contributed by atoms with Gasteiger partial charge >= 0.3 is 6.36 Å². The van der Waals surface area contributed by atoms with Crippen LogP contribution >= 0.6 is 11.6 Å². The topological polar surface area (TPSA) is 59.2 Å². The number of pyridine rings is 1. The van der Waals surface area contributed by atoms with Crippen molar-refractivity contribution in [3.63, 3.8) is 0 Å². The number of H-pyrrole nitrogens is 1. The Bertz CT molecular complexity index is 480. The fourth-order valence-electron chi connectivity index (χ4n) is 0.963. The zero-order valence-electron chi connectivity index (χ0n) is 7.81. The number of carbonyl (C=O) groups is 1. The van der Waals surface area contributed by atoms with Gasteiger partial charge in [-0.15, -0.1) is 13.2 Å². The van der Waals surface area contributed by atoms with E-state index in [1.54, 1.807) is 0 Å². The van der Waals surface area contributed by atoms with E-state index in [9.17, 15) is 22.8 Å². The molecule has 0 fully saturated rings. The lowest BCUT2D eigenvalue weighted by molar-refractivity contribution is -0.275. The summed E-state index contributed by atoms with van der Waals surface area (Å²) in [5.41, 5.74) is -1.80. The van der Waals surface area contributed by atoms with Crippen LogP contribution < -0.4 is 10.2 Å². The third-order valence-electron chi connectivity index (χ3n) is 1.64. The smallest absolute Gasteiger partial charge is 0.399 e. The molecule has 0 aliphatic rings. The summed E-state index contributed by atoms with van der Waals surface area (Å²) in [4.78, 5) is 24.2. The van der Waals surface area contributed by atoms with Crippen LogP contribution in [0.3, 0.4) is 0 Å². The maximum Gasteiger partial charge on any atom is 0.573 e. The molecule has 0 aliphatic heterocycles. The molecule has 1 aromatic rings. The first-order valence-corrected chi connectivity index (χ1v) is 4.28. The molecule has 1 aromatic heterocycles. The summed E-state index contributed by atoms with van der Waals surface area (Å²) in [5, 5.41) is -1.24. The molecule has 0 spiro atoms. The van der Waals surface area contributed by atoms with Crippen molar-refractivity contribution >= 4 is 16.8 Å². The second-order valence-electron chi connectivity index (χ2n) is 2.83. The molecule has 0 saturated carbocycles. The van der Waals surface area contributed by atoms with Crippen LogP contribution in [-0.4, -0.2) is 16.6 Å². The van der Waals surface area contributed by atoms with Crippen LogP contribution in [0.4, 0.5) is 13.2 Å². The minimum absolute atomic E-state index is 0.0269. The van der Waals surface area contributed by atoms with Crippen molar-refractivity contribution in [1.29, 1.82) is 0 Å². The molecule has 0 radical (unpaired) electrons. The number of halogens is 4. The average Bonchev–Trinajstić information content (AvgIpc) is 2.10. The largest absolute Gasteiger partial charge is 0.573 e. The van der Waals surface area contributed by atoms with Crippen molar-refractivity contribution in [2.24, 2.45) is 0 Å². The lowest BCUT2D eigenvalue weighted by Crippen LogP contribution is -2.25. The van der Waals surface area contributed by atoms with Crippen LogP contribution in [0, 0.1) is 6.92 Å². The Hall–Kier alpha value is -1.50. The number of rotatable bonds is 2. The Morgan fingerprint density at radius 1 is 1.50 bits per heavy atom. The van der Waals surface area contributed by atoms with Gasteiger partial charge in [0.05, 0.1) is 0 Å². The van der Waals surface area contributed by atoms with E-state index in [-0.39, 0.29) is 5.56 Å². The highest BCUT2D eigenvalue weighted by Gasteiger charge is 2.34. The molecule has 4 nitrogen and oxygen atoms in total. The Morgan fingerprint density at radius 3 is 2.50 bits per heavy atom. The van der Waals surface area contributed by atoms with Crippen LogP contribution in [-0.2, 0) is 0 Å². The fraction of sp³-hybridized carbons (Fsp3) is 0.250. The van der Waals surface area contributed by atoms with E-state index < -0.39 is 28.5 Å². The minimum atomic E-state index is -5.07. The highest BCUT2D eigenvalue weighted by Crippen LogP contribution is 2.23. The summed E-state index contributed by atoms with van der Waals surface area (Å²) in [6, 6.07) is 0. The van der Waals surface area contributed by atoms with Gasteiger partial charge in [-0.3, -0.25) is 9.59 Å². The number of hydrogen-bond acceptors (Lipinski definition) is 3. The number of hydrogen-bond donors (Lipinski definition) is 1. The van der Waals surface area contributed by atoms with Gasteiger partial charge in [-0.05, 0) is 18.5 Å². The number of ether oxygens (including phenoxy) is 1. The predicted molar refractivity (Wildman–Crippen MR) is 48.7 cm³/mol. The van der Waals surface area contributed by atoms with Crippen molar-refractivity contribution in [3.05, 3.63) is 27.7 Å². The standard InChI is InChI=1S/C8H5ClF3NO3/c1-3-2-13-4(7(9)15)6(5(3)14)16-8(10,11)12/h2H,1H3,(H,13,14). The van der Waals surface area contributed by atoms with Crippen molar-refractivity contribution in [3.8, 4) is 5.75 Å². The summed E-state index contributed by atoms with van der Waals surface area (Å²) in [6.45, 7) is 1.27. The average molecular weight is 256 g/mol. The van der Waals surface area contributed by atoms with Gasteiger partial charge in [0.25, 0.3) is 5.24 Å². The summed E-state index contributed by atoms with van der Waals surface area (Å²) >= 11 is 5.01. The Morgan fingerprint density at radius 2 is 2.06 bits per heavy atom. The van der Waals surface area contributed by atoms with Gasteiger partial charge in [0.15, 0.2) is 0 Å². The quantitative estimate of drug-likeness (QED) is 0.822. The first-order valence-electron chi connectivity index (χ1n) is 3.90. The number of carbonyl (C=O) groups excluding carboxylic acids is 1. The van der Waals surface area contributed by atoms with Gasteiger partial charge in [0.2, 0.25) is 11.2 Å². The van der Waals surface area contributed by atoms with Gasteiger partial charge in [-0.2, -0.15) is 0 Å². The van der Waals surface area contributed by atoms with Crippen molar-refractivity contribution in [2.75, 3.05) is 0 Å². The normalized spacial score (nSPS) is 11.3. The Kier molecular flexibility index (Phi) is 3.27. The van der Waals surface area contributed by atoms with Crippen molar-refractivity contribution < 1.29 is 22.7 Å². The third kappa shape index (κ3) is 2.75. The molecular weight excluding hydrogens is 251 g/mol. The predicted octanol–water partition coefficient (Wildman–Crippen LogP) is 1.96. The van der Waals surface area contributed by atoms with Crippen LogP contribution in [0.1, 0.15) is 16.1 Å². The van der Waals surface area contributed by atoms with Gasteiger partial charge < -0.3 is 9.72 Å². The molecule has 1 rings (SSSR count). The number of aromatic amines is 1. The third-order valence-corrected chi connectivity index (χ3v) is 1.83. The number of aromatic nitrogens is 1. The van der Waals surface area contributed by atoms with E-state index in [0.717, 1.165) is 6.20 Å². The first-order chi connectivity index (χ1) is 7.22. The second-order valence-corrected chi connectivity index (χ2v) is 3.17. The van der Waals surface area contributed by atoms with E-state index in [0.29, 0.717) is 0 Å². The highest BCUT2D eigenvalue weighted by atomic mass is 35.5. The zero-order chi connectivity index (χ0) is 12.5. The second kappa shape index (κ2) is 4.17. The molecule has 88 valence electrons. The lowest BCUT2D eigenvalue weighted by atomic mass is 10.2. The van der Waals surface area contributed by atoms with Crippen molar-refractivity contribution in [1.82, 2.24) is 4.98 Å². The molecule has 0 bridgehead atoms. The molecule has 0 amide bonds. The van der Waals surface area contributed by atoms with Gasteiger partial charge in [-0.1, -0.05) is 0 Å². The van der Waals surface area contributed by atoms with E-state index in [1.807, 2.05) is 0 Å². The molecular formula is C8H5ClF3NO3. The molecule has 1 heterocycles. The monoisotopic (exact) mass is 255 g/mol. The number of aryl methyl sites for hydroxylation is 1. The summed E-state index contributed by atoms with van der Waals surface area (Å²) in [5.74, 6) is -1.15. The summed E-state index contributed by atoms with van der Waals surface area (Å²) < 4.78 is 39.4. The first kappa shape index (κ1) is 12.6. The van der Waals surface area contributed by atoms with Gasteiger partial charge in [0.1, 0.15) is 5.69 Å². The molecule has 16 heavy (non-hydrogen) atoms. The maximum atomic E-state index is 12.0. The van der Waals surface area contributed by atoms with E-state index in [2.05, 4.69) is 9.72 Å². The summed E-state index contributed by atoms with van der Waals surface area (Å²) in [6.07, 6.45) is -4.00. The molecule has 8 heteroatoms. The fourth-order valence-corrected chi connectivity index (χ4v) is 1.10. The van der Waals surface area contributed by atoms with Crippen LogP contribution in [0.15, 0.2) is 11.0 Å². The molecule has 0 unspecified atom stereocenters. The molecule has 0 aromatic carbocycles.